The third-order valence-electron chi connectivity index (χ3n) is 2.95. The molecule has 1 aliphatic rings. The van der Waals surface area contributed by atoms with Gasteiger partial charge in [0.2, 0.25) is 0 Å². The predicted molar refractivity (Wildman–Crippen MR) is 62.7 cm³/mol. The van der Waals surface area contributed by atoms with Gasteiger partial charge in [0.25, 0.3) is 0 Å². The molecule has 4 heteroatoms. The van der Waals surface area contributed by atoms with E-state index in [9.17, 15) is 0 Å². The Morgan fingerprint density at radius 1 is 1.53 bits per heavy atom. The molecular formula is C11H22N4. The van der Waals surface area contributed by atoms with E-state index in [0.29, 0.717) is 0 Å². The zero-order valence-electron chi connectivity index (χ0n) is 10.1. The lowest BCUT2D eigenvalue weighted by molar-refractivity contribution is 0.101. The van der Waals surface area contributed by atoms with Crippen LogP contribution in [0.1, 0.15) is 40.0 Å². The number of hydrogen-bond acceptors (Lipinski definition) is 2. The van der Waals surface area contributed by atoms with Crippen LogP contribution >= 0.6 is 0 Å². The van der Waals surface area contributed by atoms with Crippen LogP contribution < -0.4 is 0 Å². The van der Waals surface area contributed by atoms with E-state index in [-0.39, 0.29) is 11.5 Å². The highest BCUT2D eigenvalue weighted by molar-refractivity contribution is 4.88. The van der Waals surface area contributed by atoms with Gasteiger partial charge < -0.3 is 4.90 Å². The molecule has 1 rings (SSSR count). The minimum Gasteiger partial charge on any atom is -0.302 e. The second kappa shape index (κ2) is 5.38. The number of piperidine rings is 1. The Kier molecular flexibility index (Phi) is 4.43. The molecule has 1 atom stereocenters. The summed E-state index contributed by atoms with van der Waals surface area (Å²) in [7, 11) is 0. The summed E-state index contributed by atoms with van der Waals surface area (Å²) >= 11 is 0. The minimum absolute atomic E-state index is 0.163. The fraction of sp³-hybridized carbons (Fsp3) is 1.00. The lowest BCUT2D eigenvalue weighted by Gasteiger charge is -2.41. The molecule has 0 aromatic heterocycles. The Labute approximate surface area is 92.3 Å². The number of rotatable bonds is 4. The summed E-state index contributed by atoms with van der Waals surface area (Å²) in [5.41, 5.74) is 8.77. The summed E-state index contributed by atoms with van der Waals surface area (Å²) in [5.74, 6) is 0. The predicted octanol–water partition coefficient (Wildman–Crippen LogP) is 3.20. The first-order valence-corrected chi connectivity index (χ1v) is 5.84. The molecule has 15 heavy (non-hydrogen) atoms. The van der Waals surface area contributed by atoms with E-state index < -0.39 is 0 Å². The highest BCUT2D eigenvalue weighted by Crippen LogP contribution is 2.30. The molecule has 0 aromatic rings. The van der Waals surface area contributed by atoms with Crippen LogP contribution in [-0.4, -0.2) is 30.6 Å². The first-order chi connectivity index (χ1) is 7.07. The van der Waals surface area contributed by atoms with Gasteiger partial charge in [-0.1, -0.05) is 32.3 Å². The van der Waals surface area contributed by atoms with Crippen LogP contribution in [0.5, 0.6) is 0 Å². The number of azide groups is 1. The van der Waals surface area contributed by atoms with E-state index in [1.54, 1.807) is 0 Å². The molecule has 1 saturated heterocycles. The summed E-state index contributed by atoms with van der Waals surface area (Å²) in [6.07, 6.45) is 3.47. The molecule has 1 fully saturated rings. The van der Waals surface area contributed by atoms with E-state index >= 15 is 0 Å². The third kappa shape index (κ3) is 4.10. The Morgan fingerprint density at radius 3 is 2.87 bits per heavy atom. The van der Waals surface area contributed by atoms with Crippen molar-refractivity contribution in [3.8, 4) is 0 Å². The van der Waals surface area contributed by atoms with Crippen LogP contribution in [-0.2, 0) is 0 Å². The maximum Gasteiger partial charge on any atom is 0.0506 e. The Hall–Kier alpha value is -0.730. The molecule has 0 saturated carbocycles. The third-order valence-corrected chi connectivity index (χ3v) is 2.95. The van der Waals surface area contributed by atoms with Crippen LogP contribution in [0.3, 0.4) is 0 Å². The lowest BCUT2D eigenvalue weighted by atomic mass is 9.82. The van der Waals surface area contributed by atoms with Crippen molar-refractivity contribution in [3.63, 3.8) is 0 Å². The van der Waals surface area contributed by atoms with Gasteiger partial charge in [-0.2, -0.15) is 0 Å². The van der Waals surface area contributed by atoms with Crippen LogP contribution in [0, 0.1) is 5.41 Å². The minimum atomic E-state index is 0.163. The monoisotopic (exact) mass is 210 g/mol. The standard InChI is InChI=1S/C11H22N4/c1-4-5-6-15-8-10(13-14-12)7-11(2,3)9-15/h10H,4-9H2,1-3H3. The van der Waals surface area contributed by atoms with Crippen molar-refractivity contribution in [3.05, 3.63) is 10.4 Å². The number of nitrogens with zero attached hydrogens (tertiary/aromatic N) is 4. The Morgan fingerprint density at radius 2 is 2.27 bits per heavy atom. The fourth-order valence-corrected chi connectivity index (χ4v) is 2.44. The Balaban J connectivity index is 2.55. The van der Waals surface area contributed by atoms with Crippen molar-refractivity contribution >= 4 is 0 Å². The second-order valence-electron chi connectivity index (χ2n) is 5.32. The van der Waals surface area contributed by atoms with Gasteiger partial charge in [-0.3, -0.25) is 0 Å². The van der Waals surface area contributed by atoms with Crippen molar-refractivity contribution in [2.75, 3.05) is 19.6 Å². The molecule has 0 spiro atoms. The van der Waals surface area contributed by atoms with E-state index in [1.165, 1.54) is 12.8 Å². The van der Waals surface area contributed by atoms with Crippen molar-refractivity contribution in [1.29, 1.82) is 0 Å². The molecule has 0 aromatic carbocycles. The zero-order chi connectivity index (χ0) is 11.3. The molecule has 1 heterocycles. The quantitative estimate of drug-likeness (QED) is 0.399. The van der Waals surface area contributed by atoms with Crippen LogP contribution in [0.15, 0.2) is 5.11 Å². The summed E-state index contributed by atoms with van der Waals surface area (Å²) < 4.78 is 0. The normalized spacial score (nSPS) is 25.9. The molecule has 0 bridgehead atoms. The smallest absolute Gasteiger partial charge is 0.0506 e. The molecule has 0 radical (unpaired) electrons. The van der Waals surface area contributed by atoms with E-state index in [4.69, 9.17) is 5.53 Å². The van der Waals surface area contributed by atoms with Gasteiger partial charge in [-0.25, -0.2) is 0 Å². The fourth-order valence-electron chi connectivity index (χ4n) is 2.44. The largest absolute Gasteiger partial charge is 0.302 e. The van der Waals surface area contributed by atoms with Crippen molar-refractivity contribution < 1.29 is 0 Å². The maximum atomic E-state index is 8.49. The molecule has 1 aliphatic heterocycles. The topological polar surface area (TPSA) is 52.0 Å². The average molecular weight is 210 g/mol. The number of hydrogen-bond donors (Lipinski definition) is 0. The SMILES string of the molecule is CCCCN1CC(N=[N+]=[N-])CC(C)(C)C1. The van der Waals surface area contributed by atoms with E-state index in [0.717, 1.165) is 26.1 Å². The first-order valence-electron chi connectivity index (χ1n) is 5.84. The zero-order valence-corrected chi connectivity index (χ0v) is 10.1. The molecule has 4 nitrogen and oxygen atoms in total. The summed E-state index contributed by atoms with van der Waals surface area (Å²) in [6.45, 7) is 9.92. The van der Waals surface area contributed by atoms with Crippen molar-refractivity contribution in [2.24, 2.45) is 10.5 Å². The molecule has 0 aliphatic carbocycles. The maximum absolute atomic E-state index is 8.49. The molecular weight excluding hydrogens is 188 g/mol. The first kappa shape index (κ1) is 12.3. The Bertz CT molecular complexity index is 243. The molecule has 0 N–H and O–H groups in total. The van der Waals surface area contributed by atoms with Crippen LogP contribution in [0.2, 0.25) is 0 Å². The lowest BCUT2D eigenvalue weighted by Crippen LogP contribution is -2.46. The van der Waals surface area contributed by atoms with Gasteiger partial charge in [0.1, 0.15) is 0 Å². The summed E-state index contributed by atoms with van der Waals surface area (Å²) in [4.78, 5) is 5.37. The molecule has 1 unspecified atom stereocenters. The van der Waals surface area contributed by atoms with Crippen molar-refractivity contribution in [1.82, 2.24) is 4.90 Å². The van der Waals surface area contributed by atoms with Gasteiger partial charge >= 0.3 is 0 Å². The van der Waals surface area contributed by atoms with E-state index in [1.807, 2.05) is 0 Å². The number of likely N-dealkylation sites (tertiary alicyclic amines) is 1. The van der Waals surface area contributed by atoms with Crippen LogP contribution in [0.4, 0.5) is 0 Å². The van der Waals surface area contributed by atoms with Gasteiger partial charge in [0.15, 0.2) is 0 Å². The van der Waals surface area contributed by atoms with Gasteiger partial charge in [-0.15, -0.1) is 0 Å². The highest BCUT2D eigenvalue weighted by atomic mass is 15.2. The van der Waals surface area contributed by atoms with Gasteiger partial charge in [0, 0.05) is 18.0 Å². The number of unbranched alkanes of at least 4 members (excludes halogenated alkanes) is 1. The summed E-state index contributed by atoms with van der Waals surface area (Å²) in [5, 5.41) is 3.88. The van der Waals surface area contributed by atoms with Gasteiger partial charge in [-0.05, 0) is 30.3 Å². The second-order valence-corrected chi connectivity index (χ2v) is 5.32. The van der Waals surface area contributed by atoms with E-state index in [2.05, 4.69) is 35.7 Å². The molecule has 0 amide bonds. The highest BCUT2D eigenvalue weighted by Gasteiger charge is 2.31. The van der Waals surface area contributed by atoms with Gasteiger partial charge in [0.05, 0.1) is 6.04 Å². The average Bonchev–Trinajstić information content (AvgIpc) is 2.13. The van der Waals surface area contributed by atoms with Crippen molar-refractivity contribution in [2.45, 2.75) is 46.1 Å². The van der Waals surface area contributed by atoms with Crippen LogP contribution in [0.25, 0.3) is 10.4 Å². The summed E-state index contributed by atoms with van der Waals surface area (Å²) in [6, 6.07) is 0.163. The molecule has 86 valence electrons.